The average Bonchev–Trinajstić information content (AvgIpc) is 2.47. The number of nitriles is 1. The van der Waals surface area contributed by atoms with Crippen molar-refractivity contribution in [3.05, 3.63) is 65.2 Å². The van der Waals surface area contributed by atoms with Crippen molar-refractivity contribution < 1.29 is 9.59 Å². The molecular formula is C16H12N2O2. The molecule has 1 amide bonds. The van der Waals surface area contributed by atoms with Gasteiger partial charge in [0.25, 0.3) is 5.91 Å². The number of ketones is 1. The van der Waals surface area contributed by atoms with E-state index in [2.05, 4.69) is 5.32 Å². The van der Waals surface area contributed by atoms with Crippen LogP contribution in [0.2, 0.25) is 0 Å². The van der Waals surface area contributed by atoms with Gasteiger partial charge in [-0.05, 0) is 43.3 Å². The van der Waals surface area contributed by atoms with Crippen molar-refractivity contribution in [3.63, 3.8) is 0 Å². The quantitative estimate of drug-likeness (QED) is 0.866. The lowest BCUT2D eigenvalue weighted by molar-refractivity contribution is 0.101. The van der Waals surface area contributed by atoms with Gasteiger partial charge in [0, 0.05) is 16.8 Å². The second-order valence-corrected chi connectivity index (χ2v) is 4.28. The van der Waals surface area contributed by atoms with E-state index in [-0.39, 0.29) is 11.7 Å². The molecule has 0 bridgehead atoms. The van der Waals surface area contributed by atoms with Crippen molar-refractivity contribution in [1.29, 1.82) is 5.26 Å². The molecule has 2 aromatic carbocycles. The molecule has 2 aromatic rings. The number of nitrogens with one attached hydrogen (secondary N) is 1. The lowest BCUT2D eigenvalue weighted by Gasteiger charge is -2.06. The van der Waals surface area contributed by atoms with Crippen molar-refractivity contribution in [2.45, 2.75) is 6.92 Å². The SMILES string of the molecule is CC(=O)c1cccc(NC(=O)c2ccc(C#N)cc2)c1. The fourth-order valence-corrected chi connectivity index (χ4v) is 1.72. The Bertz CT molecular complexity index is 697. The van der Waals surface area contributed by atoms with Gasteiger partial charge in [0.2, 0.25) is 0 Å². The van der Waals surface area contributed by atoms with E-state index in [1.165, 1.54) is 6.92 Å². The third kappa shape index (κ3) is 3.09. The van der Waals surface area contributed by atoms with Gasteiger partial charge in [-0.2, -0.15) is 5.26 Å². The molecule has 0 atom stereocenters. The highest BCUT2D eigenvalue weighted by Crippen LogP contribution is 2.13. The molecule has 20 heavy (non-hydrogen) atoms. The average molecular weight is 264 g/mol. The van der Waals surface area contributed by atoms with Gasteiger partial charge in [-0.25, -0.2) is 0 Å². The highest BCUT2D eigenvalue weighted by Gasteiger charge is 2.07. The van der Waals surface area contributed by atoms with Crippen LogP contribution in [-0.4, -0.2) is 11.7 Å². The first kappa shape index (κ1) is 13.5. The third-order valence-electron chi connectivity index (χ3n) is 2.80. The molecule has 0 aliphatic heterocycles. The summed E-state index contributed by atoms with van der Waals surface area (Å²) in [6.07, 6.45) is 0. The van der Waals surface area contributed by atoms with Gasteiger partial charge in [-0.1, -0.05) is 12.1 Å². The normalized spacial score (nSPS) is 9.60. The predicted octanol–water partition coefficient (Wildman–Crippen LogP) is 3.01. The number of hydrogen-bond donors (Lipinski definition) is 1. The number of anilines is 1. The monoisotopic (exact) mass is 264 g/mol. The van der Waals surface area contributed by atoms with Crippen LogP contribution in [0.5, 0.6) is 0 Å². The van der Waals surface area contributed by atoms with Gasteiger partial charge >= 0.3 is 0 Å². The smallest absolute Gasteiger partial charge is 0.255 e. The second kappa shape index (κ2) is 5.81. The largest absolute Gasteiger partial charge is 0.322 e. The number of Topliss-reactive ketones (excluding diaryl/α,β-unsaturated/α-hetero) is 1. The first-order valence-corrected chi connectivity index (χ1v) is 6.02. The lowest BCUT2D eigenvalue weighted by atomic mass is 10.1. The van der Waals surface area contributed by atoms with Crippen molar-refractivity contribution in [2.24, 2.45) is 0 Å². The molecule has 0 heterocycles. The van der Waals surface area contributed by atoms with Crippen LogP contribution < -0.4 is 5.32 Å². The molecule has 4 nitrogen and oxygen atoms in total. The maximum atomic E-state index is 12.0. The Labute approximate surface area is 116 Å². The Morgan fingerprint density at radius 1 is 1.05 bits per heavy atom. The van der Waals surface area contributed by atoms with Crippen LogP contribution in [0, 0.1) is 11.3 Å². The highest BCUT2D eigenvalue weighted by atomic mass is 16.1. The number of hydrogen-bond acceptors (Lipinski definition) is 3. The van der Waals surface area contributed by atoms with E-state index in [9.17, 15) is 9.59 Å². The zero-order chi connectivity index (χ0) is 14.5. The summed E-state index contributed by atoms with van der Waals surface area (Å²) in [6, 6.07) is 15.1. The zero-order valence-corrected chi connectivity index (χ0v) is 10.9. The molecule has 98 valence electrons. The minimum absolute atomic E-state index is 0.0560. The first-order chi connectivity index (χ1) is 9.60. The van der Waals surface area contributed by atoms with E-state index < -0.39 is 0 Å². The summed E-state index contributed by atoms with van der Waals surface area (Å²) in [5, 5.41) is 11.4. The number of amides is 1. The van der Waals surface area contributed by atoms with Gasteiger partial charge in [0.15, 0.2) is 5.78 Å². The van der Waals surface area contributed by atoms with E-state index in [4.69, 9.17) is 5.26 Å². The van der Waals surface area contributed by atoms with Crippen LogP contribution in [0.15, 0.2) is 48.5 Å². The summed E-state index contributed by atoms with van der Waals surface area (Å²) in [4.78, 5) is 23.3. The van der Waals surface area contributed by atoms with Gasteiger partial charge < -0.3 is 5.32 Å². The topological polar surface area (TPSA) is 70.0 Å². The Kier molecular flexibility index (Phi) is 3.92. The molecular weight excluding hydrogens is 252 g/mol. The molecule has 0 aliphatic carbocycles. The molecule has 0 fully saturated rings. The van der Waals surface area contributed by atoms with E-state index in [0.29, 0.717) is 22.4 Å². The predicted molar refractivity (Wildman–Crippen MR) is 75.6 cm³/mol. The number of carbonyl (C=O) groups excluding carboxylic acids is 2. The van der Waals surface area contributed by atoms with E-state index >= 15 is 0 Å². The fraction of sp³-hybridized carbons (Fsp3) is 0.0625. The zero-order valence-electron chi connectivity index (χ0n) is 10.9. The van der Waals surface area contributed by atoms with Gasteiger partial charge in [-0.3, -0.25) is 9.59 Å². The van der Waals surface area contributed by atoms with Crippen LogP contribution in [0.4, 0.5) is 5.69 Å². The summed E-state index contributed by atoms with van der Waals surface area (Å²) in [5.74, 6) is -0.338. The second-order valence-electron chi connectivity index (χ2n) is 4.28. The molecule has 0 radical (unpaired) electrons. The number of nitrogens with zero attached hydrogens (tertiary/aromatic N) is 1. The van der Waals surface area contributed by atoms with Crippen LogP contribution in [0.3, 0.4) is 0 Å². The molecule has 1 N–H and O–H groups in total. The van der Waals surface area contributed by atoms with Crippen molar-refractivity contribution >= 4 is 17.4 Å². The molecule has 0 unspecified atom stereocenters. The van der Waals surface area contributed by atoms with E-state index in [0.717, 1.165) is 0 Å². The summed E-state index contributed by atoms with van der Waals surface area (Å²) in [6.45, 7) is 1.47. The summed E-state index contributed by atoms with van der Waals surface area (Å²) in [7, 11) is 0. The summed E-state index contributed by atoms with van der Waals surface area (Å²) in [5.41, 5.74) is 2.06. The van der Waals surface area contributed by atoms with Crippen LogP contribution in [-0.2, 0) is 0 Å². The van der Waals surface area contributed by atoms with Crippen LogP contribution in [0.25, 0.3) is 0 Å². The van der Waals surface area contributed by atoms with Crippen LogP contribution >= 0.6 is 0 Å². The van der Waals surface area contributed by atoms with E-state index in [1.807, 2.05) is 6.07 Å². The number of rotatable bonds is 3. The van der Waals surface area contributed by atoms with Gasteiger partial charge in [0.1, 0.15) is 0 Å². The Balaban J connectivity index is 2.17. The van der Waals surface area contributed by atoms with Crippen molar-refractivity contribution in [3.8, 4) is 6.07 Å². The third-order valence-corrected chi connectivity index (χ3v) is 2.80. The van der Waals surface area contributed by atoms with Crippen LogP contribution in [0.1, 0.15) is 33.2 Å². The minimum atomic E-state index is -0.282. The standard InChI is InChI=1S/C16H12N2O2/c1-11(19)14-3-2-4-15(9-14)18-16(20)13-7-5-12(10-17)6-8-13/h2-9H,1H3,(H,18,20). The first-order valence-electron chi connectivity index (χ1n) is 6.02. The molecule has 0 spiro atoms. The fourth-order valence-electron chi connectivity index (χ4n) is 1.72. The maximum absolute atomic E-state index is 12.0. The molecule has 2 rings (SSSR count). The maximum Gasteiger partial charge on any atom is 0.255 e. The minimum Gasteiger partial charge on any atom is -0.322 e. The Morgan fingerprint density at radius 2 is 1.75 bits per heavy atom. The highest BCUT2D eigenvalue weighted by molar-refractivity contribution is 6.05. The number of carbonyl (C=O) groups is 2. The molecule has 0 aromatic heterocycles. The Hall–Kier alpha value is -2.93. The molecule has 0 saturated carbocycles. The molecule has 4 heteroatoms. The summed E-state index contributed by atoms with van der Waals surface area (Å²) < 4.78 is 0. The van der Waals surface area contributed by atoms with Crippen molar-refractivity contribution in [2.75, 3.05) is 5.32 Å². The molecule has 0 aliphatic rings. The van der Waals surface area contributed by atoms with Crippen molar-refractivity contribution in [1.82, 2.24) is 0 Å². The van der Waals surface area contributed by atoms with Gasteiger partial charge in [0.05, 0.1) is 11.6 Å². The number of benzene rings is 2. The van der Waals surface area contributed by atoms with Gasteiger partial charge in [-0.15, -0.1) is 0 Å². The summed E-state index contributed by atoms with van der Waals surface area (Å²) >= 11 is 0. The van der Waals surface area contributed by atoms with E-state index in [1.54, 1.807) is 48.5 Å². The Morgan fingerprint density at radius 3 is 2.35 bits per heavy atom. The lowest BCUT2D eigenvalue weighted by Crippen LogP contribution is -2.12. The molecule has 0 saturated heterocycles.